The van der Waals surface area contributed by atoms with Crippen LogP contribution in [0.4, 0.5) is 4.39 Å². The Morgan fingerprint density at radius 2 is 1.57 bits per heavy atom. The average Bonchev–Trinajstić information content (AvgIpc) is 3.24. The van der Waals surface area contributed by atoms with E-state index in [1.165, 1.54) is 12.1 Å². The second-order valence-electron chi connectivity index (χ2n) is 8.80. The first-order valence-electron chi connectivity index (χ1n) is 10.2. The Morgan fingerprint density at radius 1 is 0.900 bits per heavy atom. The zero-order chi connectivity index (χ0) is 21.0. The number of hydrogen-bond donors (Lipinski definition) is 1. The van der Waals surface area contributed by atoms with E-state index in [0.29, 0.717) is 0 Å². The largest absolute Gasteiger partial charge is 0.354 e. The van der Waals surface area contributed by atoms with Gasteiger partial charge in [-0.1, -0.05) is 36.4 Å². The second kappa shape index (κ2) is 6.56. The van der Waals surface area contributed by atoms with Crippen molar-refractivity contribution in [3.63, 3.8) is 0 Å². The molecule has 1 amide bonds. The third kappa shape index (κ3) is 2.75. The lowest BCUT2D eigenvalue weighted by Gasteiger charge is -2.38. The molecule has 1 aliphatic heterocycles. The molecule has 4 heteroatoms. The van der Waals surface area contributed by atoms with Gasteiger partial charge in [-0.25, -0.2) is 4.39 Å². The number of amides is 1. The van der Waals surface area contributed by atoms with Crippen molar-refractivity contribution in [2.45, 2.75) is 32.4 Å². The van der Waals surface area contributed by atoms with Crippen LogP contribution in [0.25, 0.3) is 22.2 Å². The van der Waals surface area contributed by atoms with Gasteiger partial charge in [0.15, 0.2) is 0 Å². The molecule has 2 heterocycles. The minimum Gasteiger partial charge on any atom is -0.354 e. The van der Waals surface area contributed by atoms with E-state index < -0.39 is 0 Å². The number of H-pyrrole nitrogens is 1. The van der Waals surface area contributed by atoms with Gasteiger partial charge in [0.1, 0.15) is 5.82 Å². The summed E-state index contributed by atoms with van der Waals surface area (Å²) in [6, 6.07) is 22.3. The van der Waals surface area contributed by atoms with Crippen molar-refractivity contribution in [1.29, 1.82) is 0 Å². The van der Waals surface area contributed by atoms with Gasteiger partial charge in [0.2, 0.25) is 0 Å². The van der Waals surface area contributed by atoms with Crippen LogP contribution in [0.1, 0.15) is 48.3 Å². The molecule has 3 nitrogen and oxygen atoms in total. The first-order valence-corrected chi connectivity index (χ1v) is 10.2. The lowest BCUT2D eigenvalue weighted by Crippen LogP contribution is -2.44. The van der Waals surface area contributed by atoms with E-state index in [2.05, 4.69) is 31.8 Å². The fourth-order valence-corrected chi connectivity index (χ4v) is 4.58. The number of carbonyl (C=O) groups is 1. The summed E-state index contributed by atoms with van der Waals surface area (Å²) >= 11 is 0. The number of carbonyl (C=O) groups excluding carboxylic acids is 1. The minimum absolute atomic E-state index is 0.0402. The number of halogens is 1. The third-order valence-corrected chi connectivity index (χ3v) is 5.84. The van der Waals surface area contributed by atoms with Crippen LogP contribution in [0, 0.1) is 5.82 Å². The van der Waals surface area contributed by atoms with Crippen molar-refractivity contribution in [3.8, 4) is 11.3 Å². The van der Waals surface area contributed by atoms with Crippen molar-refractivity contribution in [1.82, 2.24) is 9.88 Å². The van der Waals surface area contributed by atoms with Crippen molar-refractivity contribution < 1.29 is 9.18 Å². The second-order valence-corrected chi connectivity index (χ2v) is 8.80. The minimum atomic E-state index is -0.376. The van der Waals surface area contributed by atoms with Gasteiger partial charge < -0.3 is 9.88 Å². The molecule has 1 N–H and O–H groups in total. The molecule has 0 saturated heterocycles. The van der Waals surface area contributed by atoms with Crippen molar-refractivity contribution in [2.24, 2.45) is 0 Å². The van der Waals surface area contributed by atoms with Gasteiger partial charge in [-0.2, -0.15) is 0 Å². The number of para-hydroxylation sites is 1. The Labute approximate surface area is 175 Å². The van der Waals surface area contributed by atoms with E-state index in [-0.39, 0.29) is 23.3 Å². The molecule has 0 radical (unpaired) electrons. The van der Waals surface area contributed by atoms with E-state index in [9.17, 15) is 9.18 Å². The zero-order valence-corrected chi connectivity index (χ0v) is 17.2. The number of aromatic amines is 1. The Bertz CT molecular complexity index is 1260. The summed E-state index contributed by atoms with van der Waals surface area (Å²) in [5.74, 6) is -0.229. The lowest BCUT2D eigenvalue weighted by molar-refractivity contribution is 0.0554. The van der Waals surface area contributed by atoms with Crippen molar-refractivity contribution >= 4 is 16.8 Å². The van der Waals surface area contributed by atoms with E-state index >= 15 is 0 Å². The summed E-state index contributed by atoms with van der Waals surface area (Å²) in [5.41, 5.74) is 5.23. The van der Waals surface area contributed by atoms with Crippen LogP contribution >= 0.6 is 0 Å². The summed E-state index contributed by atoms with van der Waals surface area (Å²) in [7, 11) is 0. The molecular weight excluding hydrogens is 375 g/mol. The number of fused-ring (bicyclic) bond motifs is 2. The lowest BCUT2D eigenvalue weighted by atomic mass is 9.91. The predicted octanol–water partition coefficient (Wildman–Crippen LogP) is 6.32. The van der Waals surface area contributed by atoms with E-state index in [1.54, 1.807) is 12.1 Å². The first-order chi connectivity index (χ1) is 14.4. The van der Waals surface area contributed by atoms with Gasteiger partial charge in [0, 0.05) is 27.6 Å². The molecule has 1 atom stereocenters. The molecule has 0 saturated carbocycles. The molecule has 1 aromatic heterocycles. The van der Waals surface area contributed by atoms with Gasteiger partial charge in [-0.3, -0.25) is 4.79 Å². The summed E-state index contributed by atoms with van der Waals surface area (Å²) in [6.45, 7) is 6.20. The van der Waals surface area contributed by atoms with Gasteiger partial charge in [-0.05, 0) is 68.3 Å². The highest BCUT2D eigenvalue weighted by molar-refractivity contribution is 6.02. The molecule has 30 heavy (non-hydrogen) atoms. The van der Waals surface area contributed by atoms with Crippen LogP contribution in [-0.4, -0.2) is 21.3 Å². The molecule has 3 aromatic carbocycles. The van der Waals surface area contributed by atoms with Crippen molar-refractivity contribution in [2.75, 3.05) is 0 Å². The Kier molecular flexibility index (Phi) is 4.07. The van der Waals surface area contributed by atoms with Crippen LogP contribution in [-0.2, 0) is 0 Å². The monoisotopic (exact) mass is 398 g/mol. The molecule has 1 unspecified atom stereocenters. The highest BCUT2D eigenvalue weighted by Gasteiger charge is 2.44. The normalized spacial score (nSPS) is 16.3. The molecule has 150 valence electrons. The Morgan fingerprint density at radius 3 is 2.30 bits per heavy atom. The van der Waals surface area contributed by atoms with E-state index in [0.717, 1.165) is 38.9 Å². The zero-order valence-electron chi connectivity index (χ0n) is 17.2. The summed E-state index contributed by atoms with van der Waals surface area (Å²) < 4.78 is 13.6. The number of rotatable bonds is 2. The molecule has 0 spiro atoms. The van der Waals surface area contributed by atoms with Gasteiger partial charge in [-0.15, -0.1) is 0 Å². The van der Waals surface area contributed by atoms with Gasteiger partial charge >= 0.3 is 0 Å². The smallest absolute Gasteiger partial charge is 0.255 e. The fraction of sp³-hybridized carbons (Fsp3) is 0.192. The Balaban J connectivity index is 1.84. The summed E-state index contributed by atoms with van der Waals surface area (Å²) in [6.07, 6.45) is 0. The fourth-order valence-electron chi connectivity index (χ4n) is 4.58. The van der Waals surface area contributed by atoms with E-state index in [4.69, 9.17) is 0 Å². The third-order valence-electron chi connectivity index (χ3n) is 5.84. The van der Waals surface area contributed by atoms with Crippen LogP contribution < -0.4 is 0 Å². The standard InChI is InChI=1S/C26H23FN2O/c1-26(2,3)29-24(18-8-4-5-9-19(18)25(29)30)22-20-10-6-7-11-21(20)28-23(22)16-12-14-17(27)15-13-16/h4-15,24,28H,1-3H3. The number of aromatic nitrogens is 1. The molecule has 4 aromatic rings. The highest BCUT2D eigenvalue weighted by atomic mass is 19.1. The summed E-state index contributed by atoms with van der Waals surface area (Å²) in [4.78, 5) is 19.0. The van der Waals surface area contributed by atoms with Crippen LogP contribution in [0.5, 0.6) is 0 Å². The van der Waals surface area contributed by atoms with E-state index in [1.807, 2.05) is 47.4 Å². The highest BCUT2D eigenvalue weighted by Crippen LogP contribution is 2.47. The maximum Gasteiger partial charge on any atom is 0.255 e. The van der Waals surface area contributed by atoms with Crippen LogP contribution in [0.2, 0.25) is 0 Å². The molecule has 0 aliphatic carbocycles. The van der Waals surface area contributed by atoms with Crippen LogP contribution in [0.15, 0.2) is 72.8 Å². The van der Waals surface area contributed by atoms with Crippen molar-refractivity contribution in [3.05, 3.63) is 95.3 Å². The number of hydrogen-bond acceptors (Lipinski definition) is 1. The van der Waals surface area contributed by atoms with Crippen LogP contribution in [0.3, 0.4) is 0 Å². The number of nitrogens with one attached hydrogen (secondary N) is 1. The molecule has 0 bridgehead atoms. The predicted molar refractivity (Wildman–Crippen MR) is 118 cm³/mol. The van der Waals surface area contributed by atoms with Gasteiger partial charge in [0.25, 0.3) is 5.91 Å². The quantitative estimate of drug-likeness (QED) is 0.421. The molecule has 1 aliphatic rings. The molecular formula is C26H23FN2O. The number of nitrogens with zero attached hydrogens (tertiary/aromatic N) is 1. The molecule has 0 fully saturated rings. The maximum absolute atomic E-state index is 13.6. The molecule has 5 rings (SSSR count). The topological polar surface area (TPSA) is 36.1 Å². The first kappa shape index (κ1) is 18.6. The summed E-state index contributed by atoms with van der Waals surface area (Å²) in [5, 5.41) is 1.07. The Hall–Kier alpha value is -3.40. The maximum atomic E-state index is 13.6. The SMILES string of the molecule is CC(C)(C)N1C(=O)c2ccccc2C1c1c(-c2ccc(F)cc2)[nH]c2ccccc12. The van der Waals surface area contributed by atoms with Gasteiger partial charge in [0.05, 0.1) is 11.7 Å². The number of benzene rings is 3. The average molecular weight is 398 g/mol.